The van der Waals surface area contributed by atoms with Crippen LogP contribution in [-0.4, -0.2) is 17.8 Å². The molecule has 1 unspecified atom stereocenters. The lowest BCUT2D eigenvalue weighted by Gasteiger charge is -2.14. The van der Waals surface area contributed by atoms with Gasteiger partial charge >= 0.3 is 6.03 Å². The number of aromatic nitrogens is 1. The Kier molecular flexibility index (Phi) is 4.48. The standard InChI is InChI=1S/C18H21N3O3S/c1-11(12-7-8-14-15(9-12)24-10-23-14)19-17(22)21-18-20-13-5-3-2-4-6-16(13)25-18/h7-9,11H,2-6,10H2,1H3,(H2,19,20,21,22). The molecule has 0 fully saturated rings. The summed E-state index contributed by atoms with van der Waals surface area (Å²) in [5.74, 6) is 1.46. The average Bonchev–Trinajstić information content (AvgIpc) is 3.15. The van der Waals surface area contributed by atoms with Gasteiger partial charge in [-0.15, -0.1) is 11.3 Å². The first-order chi connectivity index (χ1) is 12.2. The van der Waals surface area contributed by atoms with Crippen molar-refractivity contribution in [3.63, 3.8) is 0 Å². The SMILES string of the molecule is CC(NC(=O)Nc1nc2c(s1)CCCCC2)c1ccc2c(c1)OCO2. The van der Waals surface area contributed by atoms with E-state index in [1.807, 2.05) is 25.1 Å². The number of benzene rings is 1. The Labute approximate surface area is 150 Å². The van der Waals surface area contributed by atoms with E-state index >= 15 is 0 Å². The van der Waals surface area contributed by atoms with Crippen LogP contribution in [-0.2, 0) is 12.8 Å². The Hall–Kier alpha value is -2.28. The van der Waals surface area contributed by atoms with Crippen molar-refractivity contribution in [2.75, 3.05) is 12.1 Å². The van der Waals surface area contributed by atoms with Crippen molar-refractivity contribution >= 4 is 22.5 Å². The van der Waals surface area contributed by atoms with Crippen molar-refractivity contribution in [1.29, 1.82) is 0 Å². The molecule has 0 bridgehead atoms. The fourth-order valence-electron chi connectivity index (χ4n) is 3.18. The van der Waals surface area contributed by atoms with Gasteiger partial charge in [-0.3, -0.25) is 5.32 Å². The largest absolute Gasteiger partial charge is 0.454 e. The Morgan fingerprint density at radius 2 is 2.04 bits per heavy atom. The molecule has 2 heterocycles. The van der Waals surface area contributed by atoms with E-state index in [-0.39, 0.29) is 18.9 Å². The summed E-state index contributed by atoms with van der Waals surface area (Å²) in [6.45, 7) is 2.18. The fourth-order valence-corrected chi connectivity index (χ4v) is 4.22. The summed E-state index contributed by atoms with van der Waals surface area (Å²) in [4.78, 5) is 18.2. The highest BCUT2D eigenvalue weighted by molar-refractivity contribution is 7.15. The Morgan fingerprint density at radius 1 is 1.20 bits per heavy atom. The first-order valence-electron chi connectivity index (χ1n) is 8.65. The van der Waals surface area contributed by atoms with E-state index in [1.165, 1.54) is 24.1 Å². The predicted molar refractivity (Wildman–Crippen MR) is 96.5 cm³/mol. The van der Waals surface area contributed by atoms with Crippen LogP contribution in [0.1, 0.15) is 48.4 Å². The molecule has 0 saturated heterocycles. The highest BCUT2D eigenvalue weighted by Crippen LogP contribution is 2.34. The van der Waals surface area contributed by atoms with Crippen LogP contribution >= 0.6 is 11.3 Å². The van der Waals surface area contributed by atoms with E-state index in [2.05, 4.69) is 15.6 Å². The number of anilines is 1. The number of nitrogens with one attached hydrogen (secondary N) is 2. The highest BCUT2D eigenvalue weighted by Gasteiger charge is 2.18. The van der Waals surface area contributed by atoms with Gasteiger partial charge in [0.05, 0.1) is 11.7 Å². The van der Waals surface area contributed by atoms with Crippen molar-refractivity contribution in [1.82, 2.24) is 10.3 Å². The molecule has 4 rings (SSSR count). The topological polar surface area (TPSA) is 72.5 Å². The number of thiazole rings is 1. The molecule has 132 valence electrons. The summed E-state index contributed by atoms with van der Waals surface area (Å²) in [6.07, 6.45) is 5.75. The zero-order valence-corrected chi connectivity index (χ0v) is 14.9. The van der Waals surface area contributed by atoms with E-state index in [4.69, 9.17) is 9.47 Å². The molecule has 7 heteroatoms. The number of hydrogen-bond acceptors (Lipinski definition) is 5. The molecular formula is C18H21N3O3S. The van der Waals surface area contributed by atoms with Gasteiger partial charge in [0.15, 0.2) is 16.6 Å². The molecule has 1 aromatic carbocycles. The third-order valence-corrected chi connectivity index (χ3v) is 5.63. The van der Waals surface area contributed by atoms with Gasteiger partial charge in [-0.05, 0) is 50.3 Å². The lowest BCUT2D eigenvalue weighted by Crippen LogP contribution is -2.31. The number of carbonyl (C=O) groups is 1. The molecule has 0 spiro atoms. The average molecular weight is 359 g/mol. The molecule has 0 saturated carbocycles. The predicted octanol–water partition coefficient (Wildman–Crippen LogP) is 4.02. The summed E-state index contributed by atoms with van der Waals surface area (Å²) in [6, 6.07) is 5.32. The first-order valence-corrected chi connectivity index (χ1v) is 9.46. The van der Waals surface area contributed by atoms with E-state index in [0.717, 1.165) is 35.6 Å². The number of carbonyl (C=O) groups excluding carboxylic acids is 1. The quantitative estimate of drug-likeness (QED) is 0.812. The summed E-state index contributed by atoms with van der Waals surface area (Å²) in [5, 5.41) is 6.51. The third kappa shape index (κ3) is 3.56. The van der Waals surface area contributed by atoms with Crippen LogP contribution in [0.15, 0.2) is 18.2 Å². The van der Waals surface area contributed by atoms with E-state index in [1.54, 1.807) is 11.3 Å². The van der Waals surface area contributed by atoms with Gasteiger partial charge in [-0.1, -0.05) is 12.5 Å². The molecule has 6 nitrogen and oxygen atoms in total. The maximum Gasteiger partial charge on any atom is 0.321 e. The van der Waals surface area contributed by atoms with Crippen LogP contribution in [0.2, 0.25) is 0 Å². The molecule has 2 aliphatic rings. The van der Waals surface area contributed by atoms with Crippen LogP contribution in [0.25, 0.3) is 0 Å². The van der Waals surface area contributed by atoms with Crippen molar-refractivity contribution in [3.05, 3.63) is 34.3 Å². The lowest BCUT2D eigenvalue weighted by atomic mass is 10.1. The molecule has 1 aromatic heterocycles. The van der Waals surface area contributed by atoms with Crippen molar-refractivity contribution in [2.24, 2.45) is 0 Å². The minimum atomic E-state index is -0.242. The van der Waals surface area contributed by atoms with Gasteiger partial charge in [0.1, 0.15) is 0 Å². The number of rotatable bonds is 3. The van der Waals surface area contributed by atoms with Crippen LogP contribution < -0.4 is 20.1 Å². The zero-order valence-electron chi connectivity index (χ0n) is 14.1. The first kappa shape index (κ1) is 16.2. The van der Waals surface area contributed by atoms with Gasteiger partial charge in [0, 0.05) is 4.88 Å². The number of fused-ring (bicyclic) bond motifs is 2. The molecule has 2 N–H and O–H groups in total. The summed E-state index contributed by atoms with van der Waals surface area (Å²) >= 11 is 1.60. The second-order valence-electron chi connectivity index (χ2n) is 6.38. The lowest BCUT2D eigenvalue weighted by molar-refractivity contribution is 0.174. The summed E-state index contributed by atoms with van der Waals surface area (Å²) < 4.78 is 10.7. The normalized spacial score (nSPS) is 16.7. The Balaban J connectivity index is 1.38. The molecule has 0 radical (unpaired) electrons. The van der Waals surface area contributed by atoms with Gasteiger partial charge < -0.3 is 14.8 Å². The molecule has 1 atom stereocenters. The van der Waals surface area contributed by atoms with Crippen LogP contribution in [0.4, 0.5) is 9.93 Å². The van der Waals surface area contributed by atoms with Gasteiger partial charge in [0.2, 0.25) is 6.79 Å². The van der Waals surface area contributed by atoms with Gasteiger partial charge in [-0.25, -0.2) is 9.78 Å². The summed E-state index contributed by atoms with van der Waals surface area (Å²) in [5.41, 5.74) is 2.12. The number of hydrogen-bond donors (Lipinski definition) is 2. The number of nitrogens with zero attached hydrogens (tertiary/aromatic N) is 1. The smallest absolute Gasteiger partial charge is 0.321 e. The maximum atomic E-state index is 12.3. The third-order valence-electron chi connectivity index (χ3n) is 4.56. The van der Waals surface area contributed by atoms with Crippen LogP contribution in [0.5, 0.6) is 11.5 Å². The highest BCUT2D eigenvalue weighted by atomic mass is 32.1. The van der Waals surface area contributed by atoms with E-state index in [9.17, 15) is 4.79 Å². The van der Waals surface area contributed by atoms with E-state index < -0.39 is 0 Å². The van der Waals surface area contributed by atoms with Crippen molar-refractivity contribution in [3.8, 4) is 11.5 Å². The maximum absolute atomic E-state index is 12.3. The van der Waals surface area contributed by atoms with Gasteiger partial charge in [0.25, 0.3) is 0 Å². The minimum absolute atomic E-state index is 0.146. The zero-order chi connectivity index (χ0) is 17.2. The molecule has 2 amide bonds. The molecule has 2 aromatic rings. The summed E-state index contributed by atoms with van der Waals surface area (Å²) in [7, 11) is 0. The number of ether oxygens (including phenoxy) is 2. The molecule has 1 aliphatic carbocycles. The second-order valence-corrected chi connectivity index (χ2v) is 7.47. The molecule has 25 heavy (non-hydrogen) atoms. The number of aryl methyl sites for hydroxylation is 2. The number of amides is 2. The van der Waals surface area contributed by atoms with Crippen molar-refractivity contribution in [2.45, 2.75) is 45.1 Å². The minimum Gasteiger partial charge on any atom is -0.454 e. The van der Waals surface area contributed by atoms with Gasteiger partial charge in [-0.2, -0.15) is 0 Å². The van der Waals surface area contributed by atoms with Crippen LogP contribution in [0.3, 0.4) is 0 Å². The monoisotopic (exact) mass is 359 g/mol. The van der Waals surface area contributed by atoms with E-state index in [0.29, 0.717) is 5.13 Å². The van der Waals surface area contributed by atoms with Crippen LogP contribution in [0, 0.1) is 0 Å². The number of urea groups is 1. The fraction of sp³-hybridized carbons (Fsp3) is 0.444. The second kappa shape index (κ2) is 6.92. The Bertz CT molecular complexity index is 766. The molecular weight excluding hydrogens is 338 g/mol. The van der Waals surface area contributed by atoms with Crippen molar-refractivity contribution < 1.29 is 14.3 Å². The Morgan fingerprint density at radius 3 is 2.96 bits per heavy atom. The molecule has 1 aliphatic heterocycles.